The number of pyridine rings is 2. The normalized spacial score (nSPS) is 10.2. The maximum absolute atomic E-state index is 12.4. The molecule has 8 nitrogen and oxygen atoms in total. The number of carbonyl (C=O) groups is 1. The highest BCUT2D eigenvalue weighted by atomic mass is 16.5. The number of methoxy groups -OCH3 is 3. The number of benzene rings is 1. The number of hydrogen-bond donors (Lipinski definition) is 2. The molecule has 29 heavy (non-hydrogen) atoms. The first kappa shape index (κ1) is 19.9. The largest absolute Gasteiger partial charge is 0.493 e. The smallest absolute Gasteiger partial charge is 0.270 e. The Balaban J connectivity index is 1.75. The van der Waals surface area contributed by atoms with E-state index >= 15 is 0 Å². The van der Waals surface area contributed by atoms with Crippen molar-refractivity contribution in [2.45, 2.75) is 6.54 Å². The zero-order valence-electron chi connectivity index (χ0n) is 16.4. The number of aromatic nitrogens is 2. The topological polar surface area (TPSA) is 94.6 Å². The summed E-state index contributed by atoms with van der Waals surface area (Å²) < 4.78 is 16.0. The molecule has 2 heterocycles. The van der Waals surface area contributed by atoms with E-state index in [1.165, 1.54) is 0 Å². The van der Waals surface area contributed by atoms with E-state index in [1.807, 2.05) is 12.1 Å². The maximum Gasteiger partial charge on any atom is 0.270 e. The summed E-state index contributed by atoms with van der Waals surface area (Å²) in [6, 6.07) is 12.4. The van der Waals surface area contributed by atoms with Gasteiger partial charge in [-0.05, 0) is 23.8 Å². The van der Waals surface area contributed by atoms with Crippen LogP contribution in [0.25, 0.3) is 0 Å². The van der Waals surface area contributed by atoms with Crippen molar-refractivity contribution in [1.82, 2.24) is 15.3 Å². The molecule has 8 heteroatoms. The fourth-order valence-corrected chi connectivity index (χ4v) is 2.71. The Morgan fingerprint density at radius 2 is 1.76 bits per heavy atom. The Labute approximate surface area is 168 Å². The van der Waals surface area contributed by atoms with E-state index < -0.39 is 0 Å². The molecule has 3 rings (SSSR count). The standard InChI is InChI=1S/C21H22N4O4/c1-27-17-10-15(11-18(28-2)20(17)29-3)24-19-8-4-7-16(25-19)21(26)23-13-14-6-5-9-22-12-14/h4-12H,13H2,1-3H3,(H,23,26)(H,24,25). The van der Waals surface area contributed by atoms with Gasteiger partial charge in [-0.3, -0.25) is 9.78 Å². The van der Waals surface area contributed by atoms with Gasteiger partial charge in [0.15, 0.2) is 11.5 Å². The Morgan fingerprint density at radius 3 is 2.38 bits per heavy atom. The van der Waals surface area contributed by atoms with Gasteiger partial charge in [0, 0.05) is 36.8 Å². The molecule has 2 aromatic heterocycles. The summed E-state index contributed by atoms with van der Waals surface area (Å²) in [5.74, 6) is 1.76. The number of nitrogens with one attached hydrogen (secondary N) is 2. The molecule has 0 spiro atoms. The predicted molar refractivity (Wildman–Crippen MR) is 109 cm³/mol. The van der Waals surface area contributed by atoms with E-state index in [1.54, 1.807) is 64.1 Å². The third-order valence-electron chi connectivity index (χ3n) is 4.09. The molecule has 1 amide bonds. The van der Waals surface area contributed by atoms with Gasteiger partial charge in [0.05, 0.1) is 21.3 Å². The van der Waals surface area contributed by atoms with Crippen molar-refractivity contribution in [3.8, 4) is 17.2 Å². The highest BCUT2D eigenvalue weighted by Crippen LogP contribution is 2.40. The predicted octanol–water partition coefficient (Wildman–Crippen LogP) is 3.18. The molecule has 1 aromatic carbocycles. The minimum atomic E-state index is -0.276. The van der Waals surface area contributed by atoms with Crippen molar-refractivity contribution < 1.29 is 19.0 Å². The lowest BCUT2D eigenvalue weighted by atomic mass is 10.2. The Morgan fingerprint density at radius 1 is 1.00 bits per heavy atom. The van der Waals surface area contributed by atoms with Crippen molar-refractivity contribution in [2.75, 3.05) is 26.6 Å². The van der Waals surface area contributed by atoms with Gasteiger partial charge in [-0.25, -0.2) is 4.98 Å². The Kier molecular flexibility index (Phi) is 6.47. The number of ether oxygens (including phenoxy) is 3. The van der Waals surface area contributed by atoms with E-state index in [0.717, 1.165) is 5.56 Å². The van der Waals surface area contributed by atoms with Gasteiger partial charge in [0.1, 0.15) is 11.5 Å². The summed E-state index contributed by atoms with van der Waals surface area (Å²) in [7, 11) is 4.64. The fourth-order valence-electron chi connectivity index (χ4n) is 2.71. The van der Waals surface area contributed by atoms with E-state index in [9.17, 15) is 4.79 Å². The van der Waals surface area contributed by atoms with E-state index in [0.29, 0.717) is 41.0 Å². The third-order valence-corrected chi connectivity index (χ3v) is 4.09. The molecule has 0 fully saturated rings. The van der Waals surface area contributed by atoms with Crippen LogP contribution in [0.3, 0.4) is 0 Å². The van der Waals surface area contributed by atoms with Crippen LogP contribution in [-0.2, 0) is 6.54 Å². The first-order valence-electron chi connectivity index (χ1n) is 8.85. The van der Waals surface area contributed by atoms with Crippen molar-refractivity contribution in [3.63, 3.8) is 0 Å². The zero-order chi connectivity index (χ0) is 20.6. The van der Waals surface area contributed by atoms with Crippen LogP contribution in [0.5, 0.6) is 17.2 Å². The van der Waals surface area contributed by atoms with Crippen molar-refractivity contribution in [1.29, 1.82) is 0 Å². The highest BCUT2D eigenvalue weighted by molar-refractivity contribution is 5.92. The van der Waals surface area contributed by atoms with Crippen LogP contribution in [0.2, 0.25) is 0 Å². The summed E-state index contributed by atoms with van der Waals surface area (Å²) in [5.41, 5.74) is 1.89. The minimum Gasteiger partial charge on any atom is -0.493 e. The molecule has 0 saturated carbocycles. The first-order chi connectivity index (χ1) is 14.1. The monoisotopic (exact) mass is 394 g/mol. The molecule has 0 bridgehead atoms. The summed E-state index contributed by atoms with van der Waals surface area (Å²) in [6.45, 7) is 0.374. The lowest BCUT2D eigenvalue weighted by molar-refractivity contribution is 0.0946. The maximum atomic E-state index is 12.4. The zero-order valence-corrected chi connectivity index (χ0v) is 16.4. The second kappa shape index (κ2) is 9.41. The molecule has 0 aliphatic rings. The van der Waals surface area contributed by atoms with Crippen molar-refractivity contribution in [3.05, 3.63) is 66.1 Å². The number of anilines is 2. The number of amides is 1. The van der Waals surface area contributed by atoms with Crippen LogP contribution in [0, 0.1) is 0 Å². The van der Waals surface area contributed by atoms with E-state index in [2.05, 4.69) is 20.6 Å². The molecule has 150 valence electrons. The molecular formula is C21H22N4O4. The molecule has 3 aromatic rings. The van der Waals surface area contributed by atoms with Crippen LogP contribution < -0.4 is 24.8 Å². The molecule has 0 aliphatic carbocycles. The van der Waals surface area contributed by atoms with Crippen LogP contribution in [-0.4, -0.2) is 37.2 Å². The molecule has 0 atom stereocenters. The lowest BCUT2D eigenvalue weighted by Gasteiger charge is -2.15. The fraction of sp³-hybridized carbons (Fsp3) is 0.190. The number of carbonyl (C=O) groups excluding carboxylic acids is 1. The summed E-state index contributed by atoms with van der Waals surface area (Å²) >= 11 is 0. The van der Waals surface area contributed by atoms with Gasteiger partial charge >= 0.3 is 0 Å². The van der Waals surface area contributed by atoms with E-state index in [4.69, 9.17) is 14.2 Å². The van der Waals surface area contributed by atoms with Gasteiger partial charge in [0.25, 0.3) is 5.91 Å². The first-order valence-corrected chi connectivity index (χ1v) is 8.85. The van der Waals surface area contributed by atoms with Crippen molar-refractivity contribution in [2.24, 2.45) is 0 Å². The minimum absolute atomic E-state index is 0.276. The number of hydrogen-bond acceptors (Lipinski definition) is 7. The van der Waals surface area contributed by atoms with Gasteiger partial charge < -0.3 is 24.8 Å². The van der Waals surface area contributed by atoms with Crippen LogP contribution >= 0.6 is 0 Å². The molecule has 0 unspecified atom stereocenters. The SMILES string of the molecule is COc1cc(Nc2cccc(C(=O)NCc3cccnc3)n2)cc(OC)c1OC. The molecule has 0 saturated heterocycles. The molecule has 2 N–H and O–H groups in total. The van der Waals surface area contributed by atoms with E-state index in [-0.39, 0.29) is 5.91 Å². The van der Waals surface area contributed by atoms with Gasteiger partial charge in [-0.1, -0.05) is 12.1 Å². The summed E-state index contributed by atoms with van der Waals surface area (Å²) in [4.78, 5) is 20.8. The Hall–Kier alpha value is -3.81. The Bertz CT molecular complexity index is 954. The average molecular weight is 394 g/mol. The number of rotatable bonds is 8. The van der Waals surface area contributed by atoms with Crippen LogP contribution in [0.1, 0.15) is 16.1 Å². The third kappa shape index (κ3) is 4.92. The quantitative estimate of drug-likeness (QED) is 0.606. The summed E-state index contributed by atoms with van der Waals surface area (Å²) in [5, 5.41) is 5.99. The lowest BCUT2D eigenvalue weighted by Crippen LogP contribution is -2.24. The number of nitrogens with zero attached hydrogens (tertiary/aromatic N) is 2. The van der Waals surface area contributed by atoms with Gasteiger partial charge in [0.2, 0.25) is 5.75 Å². The van der Waals surface area contributed by atoms with Gasteiger partial charge in [-0.15, -0.1) is 0 Å². The second-order valence-corrected chi connectivity index (χ2v) is 5.99. The highest BCUT2D eigenvalue weighted by Gasteiger charge is 2.14. The summed E-state index contributed by atoms with van der Waals surface area (Å²) in [6.07, 6.45) is 3.39. The molecule has 0 aliphatic heterocycles. The van der Waals surface area contributed by atoms with Crippen LogP contribution in [0.4, 0.5) is 11.5 Å². The second-order valence-electron chi connectivity index (χ2n) is 5.99. The van der Waals surface area contributed by atoms with Crippen molar-refractivity contribution >= 4 is 17.4 Å². The molecular weight excluding hydrogens is 372 g/mol. The van der Waals surface area contributed by atoms with Gasteiger partial charge in [-0.2, -0.15) is 0 Å². The van der Waals surface area contributed by atoms with Crippen LogP contribution in [0.15, 0.2) is 54.9 Å². The molecule has 0 radical (unpaired) electrons. The average Bonchev–Trinajstić information content (AvgIpc) is 2.77.